The Morgan fingerprint density at radius 2 is 1.76 bits per heavy atom. The lowest BCUT2D eigenvalue weighted by Gasteiger charge is -2.31. The van der Waals surface area contributed by atoms with Crippen molar-refractivity contribution in [2.75, 3.05) is 16.3 Å². The number of fused-ring (bicyclic) bond motifs is 1. The average Bonchev–Trinajstić information content (AvgIpc) is 2.80. The Labute approximate surface area is 219 Å². The van der Waals surface area contributed by atoms with Crippen molar-refractivity contribution in [3.05, 3.63) is 64.3 Å². The molecule has 0 saturated heterocycles. The predicted molar refractivity (Wildman–Crippen MR) is 134 cm³/mol. The summed E-state index contributed by atoms with van der Waals surface area (Å²) in [5, 5.41) is 6.34. The van der Waals surface area contributed by atoms with E-state index >= 15 is 0 Å². The van der Waals surface area contributed by atoms with Crippen molar-refractivity contribution in [2.45, 2.75) is 43.9 Å². The van der Waals surface area contributed by atoms with Crippen molar-refractivity contribution in [1.82, 2.24) is 10.3 Å². The van der Waals surface area contributed by atoms with Crippen LogP contribution < -0.4 is 15.4 Å². The number of aromatic nitrogens is 1. The van der Waals surface area contributed by atoms with Gasteiger partial charge >= 0.3 is 6.18 Å². The van der Waals surface area contributed by atoms with Gasteiger partial charge in [0.25, 0.3) is 5.91 Å². The van der Waals surface area contributed by atoms with E-state index in [1.165, 1.54) is 18.2 Å². The number of sulfonamides is 1. The fraction of sp³-hybridized carbons (Fsp3) is 0.333. The molecule has 2 atom stereocenters. The van der Waals surface area contributed by atoms with Gasteiger partial charge in [0.1, 0.15) is 17.1 Å². The van der Waals surface area contributed by atoms with Crippen LogP contribution in [0.1, 0.15) is 41.7 Å². The molecule has 0 spiro atoms. The van der Waals surface area contributed by atoms with Crippen LogP contribution in [0.4, 0.5) is 33.3 Å². The average molecular weight is 577 g/mol. The summed E-state index contributed by atoms with van der Waals surface area (Å²) < 4.78 is 94.3. The van der Waals surface area contributed by atoms with Gasteiger partial charge in [0.15, 0.2) is 5.82 Å². The Hall–Kier alpha value is -3.19. The van der Waals surface area contributed by atoms with Crippen LogP contribution in [0.15, 0.2) is 36.4 Å². The van der Waals surface area contributed by atoms with E-state index in [0.717, 1.165) is 24.5 Å². The number of anilines is 2. The van der Waals surface area contributed by atoms with Crippen molar-refractivity contribution in [1.29, 1.82) is 0 Å². The van der Waals surface area contributed by atoms with E-state index in [2.05, 4.69) is 15.6 Å². The smallest absolute Gasteiger partial charge is 0.382 e. The van der Waals surface area contributed by atoms with E-state index in [0.29, 0.717) is 29.7 Å². The highest BCUT2D eigenvalue weighted by Crippen LogP contribution is 2.35. The number of carbonyl (C=O) groups is 1. The van der Waals surface area contributed by atoms with Crippen LogP contribution in [0, 0.1) is 11.6 Å². The zero-order valence-electron chi connectivity index (χ0n) is 19.8. The molecule has 4 rings (SSSR count). The van der Waals surface area contributed by atoms with Crippen molar-refractivity contribution in [2.24, 2.45) is 0 Å². The van der Waals surface area contributed by atoms with Crippen molar-refractivity contribution in [3.8, 4) is 0 Å². The number of alkyl halides is 3. The summed E-state index contributed by atoms with van der Waals surface area (Å²) in [5.74, 6) is -3.62. The number of amides is 1. The second-order valence-corrected chi connectivity index (χ2v) is 11.2. The van der Waals surface area contributed by atoms with Gasteiger partial charge in [-0.25, -0.2) is 22.2 Å². The third-order valence-corrected chi connectivity index (χ3v) is 6.87. The lowest BCUT2D eigenvalue weighted by molar-refractivity contribution is -0.140. The van der Waals surface area contributed by atoms with Gasteiger partial charge in [0, 0.05) is 28.2 Å². The van der Waals surface area contributed by atoms with Gasteiger partial charge in [-0.3, -0.25) is 9.52 Å². The molecule has 2 aromatic carbocycles. The number of pyridine rings is 1. The zero-order chi connectivity index (χ0) is 27.8. The predicted octanol–water partition coefficient (Wildman–Crippen LogP) is 5.71. The highest BCUT2D eigenvalue weighted by molar-refractivity contribution is 7.92. The number of benzene rings is 2. The zero-order valence-corrected chi connectivity index (χ0v) is 21.4. The van der Waals surface area contributed by atoms with Gasteiger partial charge < -0.3 is 10.6 Å². The summed E-state index contributed by atoms with van der Waals surface area (Å²) >= 11 is 6.05. The highest BCUT2D eigenvalue weighted by atomic mass is 35.5. The minimum absolute atomic E-state index is 0.0981. The van der Waals surface area contributed by atoms with Gasteiger partial charge in [-0.2, -0.15) is 13.2 Å². The first-order valence-corrected chi connectivity index (χ1v) is 13.7. The second kappa shape index (κ2) is 10.5. The molecule has 1 aliphatic carbocycles. The molecule has 0 aliphatic heterocycles. The van der Waals surface area contributed by atoms with Crippen LogP contribution in [-0.4, -0.2) is 37.6 Å². The van der Waals surface area contributed by atoms with E-state index in [4.69, 9.17) is 11.6 Å². The first-order valence-electron chi connectivity index (χ1n) is 11.4. The van der Waals surface area contributed by atoms with E-state index < -0.39 is 56.7 Å². The Morgan fingerprint density at radius 1 is 1.05 bits per heavy atom. The molecule has 1 amide bonds. The molecule has 38 heavy (non-hydrogen) atoms. The lowest BCUT2D eigenvalue weighted by atomic mass is 9.90. The van der Waals surface area contributed by atoms with Gasteiger partial charge in [-0.1, -0.05) is 11.6 Å². The van der Waals surface area contributed by atoms with E-state index in [-0.39, 0.29) is 23.7 Å². The van der Waals surface area contributed by atoms with Crippen LogP contribution in [0.5, 0.6) is 0 Å². The second-order valence-electron chi connectivity index (χ2n) is 9.05. The van der Waals surface area contributed by atoms with Crippen LogP contribution in [0.3, 0.4) is 0 Å². The highest BCUT2D eigenvalue weighted by Gasteiger charge is 2.34. The van der Waals surface area contributed by atoms with Gasteiger partial charge in [-0.05, 0) is 62.1 Å². The molecule has 1 fully saturated rings. The number of hydrogen-bond acceptors (Lipinski definition) is 5. The quantitative estimate of drug-likeness (QED) is 0.326. The summed E-state index contributed by atoms with van der Waals surface area (Å²) in [6.07, 6.45) is -2.05. The van der Waals surface area contributed by atoms with Crippen LogP contribution >= 0.6 is 11.6 Å². The monoisotopic (exact) mass is 576 g/mol. The molecule has 0 unspecified atom stereocenters. The molecule has 1 aliphatic rings. The Bertz CT molecular complexity index is 1500. The first-order chi connectivity index (χ1) is 17.7. The third-order valence-electron chi connectivity index (χ3n) is 6.04. The molecule has 1 heterocycles. The molecule has 3 aromatic rings. The maximum atomic E-state index is 14.8. The molecule has 0 bridgehead atoms. The lowest BCUT2D eigenvalue weighted by Crippen LogP contribution is -2.42. The Balaban J connectivity index is 1.54. The van der Waals surface area contributed by atoms with Gasteiger partial charge in [0.2, 0.25) is 10.0 Å². The summed E-state index contributed by atoms with van der Waals surface area (Å²) in [6, 6.07) is 5.91. The van der Waals surface area contributed by atoms with Crippen molar-refractivity contribution < 1.29 is 35.2 Å². The Kier molecular flexibility index (Phi) is 7.71. The maximum absolute atomic E-state index is 14.8. The number of carbonyl (C=O) groups excluding carboxylic acids is 1. The molecular formula is C24H22ClF5N4O3S. The topological polar surface area (TPSA) is 100 Å². The molecular weight excluding hydrogens is 555 g/mol. The standard InChI is InChI=1S/C24H22ClF5N4O3S/c1-38(36,37)34-18-8-6-16(26)21(22(18)27)23(35)32-14-4-2-3-13(10-14)31-19-11-20(24(28,29)30)33-17-7-5-12(25)9-15(17)19/h5-9,11,13-14,34H,2-4,10H2,1H3,(H,31,33)(H,32,35)/t13-,14+/m0/s1. The van der Waals surface area contributed by atoms with Gasteiger partial charge in [0.05, 0.1) is 17.5 Å². The fourth-order valence-electron chi connectivity index (χ4n) is 4.43. The maximum Gasteiger partial charge on any atom is 0.433 e. The summed E-state index contributed by atoms with van der Waals surface area (Å²) in [5.41, 5.74) is -2.34. The minimum Gasteiger partial charge on any atom is -0.382 e. The SMILES string of the molecule is CS(=O)(=O)Nc1ccc(F)c(C(=O)N[C@@H]2CCC[C@H](Nc3cc(C(F)(F)F)nc4ccc(Cl)cc34)C2)c1F. The van der Waals surface area contributed by atoms with Crippen LogP contribution in [0.2, 0.25) is 5.02 Å². The number of hydrogen-bond donors (Lipinski definition) is 3. The molecule has 1 aromatic heterocycles. The third kappa shape index (κ3) is 6.44. The number of nitrogens with one attached hydrogen (secondary N) is 3. The normalized spacial score (nSPS) is 18.3. The molecule has 3 N–H and O–H groups in total. The van der Waals surface area contributed by atoms with Gasteiger partial charge in [-0.15, -0.1) is 0 Å². The molecule has 7 nitrogen and oxygen atoms in total. The van der Waals surface area contributed by atoms with E-state index in [1.807, 2.05) is 4.72 Å². The molecule has 0 radical (unpaired) electrons. The number of rotatable bonds is 6. The number of nitrogens with zero attached hydrogens (tertiary/aromatic N) is 1. The van der Waals surface area contributed by atoms with Crippen molar-refractivity contribution >= 4 is 49.8 Å². The largest absolute Gasteiger partial charge is 0.433 e. The van der Waals surface area contributed by atoms with E-state index in [1.54, 1.807) is 0 Å². The van der Waals surface area contributed by atoms with Crippen LogP contribution in [0.25, 0.3) is 10.9 Å². The molecule has 1 saturated carbocycles. The summed E-state index contributed by atoms with van der Waals surface area (Å²) in [4.78, 5) is 16.4. The van der Waals surface area contributed by atoms with E-state index in [9.17, 15) is 35.2 Å². The first kappa shape index (κ1) is 27.8. The fourth-order valence-corrected chi connectivity index (χ4v) is 5.16. The summed E-state index contributed by atoms with van der Waals surface area (Å²) in [7, 11) is -3.89. The van der Waals surface area contributed by atoms with Crippen LogP contribution in [-0.2, 0) is 16.2 Å². The Morgan fingerprint density at radius 3 is 2.45 bits per heavy atom. The minimum atomic E-state index is -4.68. The molecule has 14 heteroatoms. The summed E-state index contributed by atoms with van der Waals surface area (Å²) in [6.45, 7) is 0. The molecule has 204 valence electrons. The van der Waals surface area contributed by atoms with Crippen molar-refractivity contribution in [3.63, 3.8) is 0 Å². The number of halogens is 6.